The van der Waals surface area contributed by atoms with Gasteiger partial charge in [0.15, 0.2) is 0 Å². The molecule has 4 rings (SSSR count). The fraction of sp³-hybridized carbons (Fsp3) is 0.367. The maximum Gasteiger partial charge on any atom is 0.310 e. The van der Waals surface area contributed by atoms with Crippen molar-refractivity contribution in [3.63, 3.8) is 0 Å². The van der Waals surface area contributed by atoms with Gasteiger partial charge >= 0.3 is 5.97 Å². The summed E-state index contributed by atoms with van der Waals surface area (Å²) in [6.45, 7) is 5.59. The van der Waals surface area contributed by atoms with Crippen molar-refractivity contribution in [3.8, 4) is 16.9 Å². The predicted molar refractivity (Wildman–Crippen MR) is 143 cm³/mol. The van der Waals surface area contributed by atoms with E-state index in [0.717, 1.165) is 41.8 Å². The van der Waals surface area contributed by atoms with Crippen molar-refractivity contribution in [2.75, 3.05) is 25.1 Å². The SMILES string of the molecule is CCOC(=O)Cc1ccccc1OCc1cc(NCC2CCCO2)cc(-c2cccc(C(C)N)c2F)c1. The molecule has 196 valence electrons. The van der Waals surface area contributed by atoms with Crippen molar-refractivity contribution < 1.29 is 23.4 Å². The van der Waals surface area contributed by atoms with Gasteiger partial charge in [0.25, 0.3) is 0 Å². The largest absolute Gasteiger partial charge is 0.489 e. The number of carbonyl (C=O) groups is 1. The zero-order valence-corrected chi connectivity index (χ0v) is 21.5. The monoisotopic (exact) mass is 506 g/mol. The molecule has 0 bridgehead atoms. The van der Waals surface area contributed by atoms with Crippen molar-refractivity contribution in [2.45, 2.75) is 51.9 Å². The molecule has 1 aliphatic rings. The lowest BCUT2D eigenvalue weighted by Crippen LogP contribution is -2.18. The van der Waals surface area contributed by atoms with E-state index in [1.165, 1.54) is 0 Å². The van der Waals surface area contributed by atoms with Crippen LogP contribution in [0.3, 0.4) is 0 Å². The molecular formula is C30H35FN2O4. The van der Waals surface area contributed by atoms with Crippen LogP contribution in [0.15, 0.2) is 60.7 Å². The van der Waals surface area contributed by atoms with Gasteiger partial charge in [-0.15, -0.1) is 0 Å². The lowest BCUT2D eigenvalue weighted by atomic mass is 9.97. The maximum absolute atomic E-state index is 15.4. The topological polar surface area (TPSA) is 82.8 Å². The van der Waals surface area contributed by atoms with E-state index in [0.29, 0.717) is 30.0 Å². The minimum atomic E-state index is -0.417. The molecule has 0 saturated carbocycles. The Hall–Kier alpha value is -3.42. The second kappa shape index (κ2) is 12.7. The molecule has 2 unspecified atom stereocenters. The van der Waals surface area contributed by atoms with E-state index in [1.807, 2.05) is 48.5 Å². The van der Waals surface area contributed by atoms with Gasteiger partial charge in [0.1, 0.15) is 18.2 Å². The third-order valence-corrected chi connectivity index (χ3v) is 6.39. The van der Waals surface area contributed by atoms with E-state index in [4.69, 9.17) is 19.9 Å². The summed E-state index contributed by atoms with van der Waals surface area (Å²) in [4.78, 5) is 12.0. The zero-order valence-electron chi connectivity index (χ0n) is 21.5. The van der Waals surface area contributed by atoms with Crippen LogP contribution in [0.5, 0.6) is 5.75 Å². The van der Waals surface area contributed by atoms with Crippen molar-refractivity contribution in [1.82, 2.24) is 0 Å². The third kappa shape index (κ3) is 7.08. The van der Waals surface area contributed by atoms with Crippen LogP contribution in [-0.2, 0) is 27.3 Å². The first-order valence-electron chi connectivity index (χ1n) is 12.8. The molecule has 2 atom stereocenters. The van der Waals surface area contributed by atoms with E-state index >= 15 is 4.39 Å². The van der Waals surface area contributed by atoms with Gasteiger partial charge < -0.3 is 25.3 Å². The predicted octanol–water partition coefficient (Wildman–Crippen LogP) is 5.79. The number of nitrogens with two attached hydrogens (primary N) is 1. The first-order valence-corrected chi connectivity index (χ1v) is 12.8. The first kappa shape index (κ1) is 26.6. The lowest BCUT2D eigenvalue weighted by Gasteiger charge is -2.17. The second-order valence-corrected chi connectivity index (χ2v) is 9.31. The van der Waals surface area contributed by atoms with Crippen molar-refractivity contribution in [1.29, 1.82) is 0 Å². The van der Waals surface area contributed by atoms with Gasteiger partial charge in [-0.05, 0) is 62.1 Å². The molecule has 0 spiro atoms. The fourth-order valence-corrected chi connectivity index (χ4v) is 4.51. The summed E-state index contributed by atoms with van der Waals surface area (Å²) in [6, 6.07) is 18.2. The zero-order chi connectivity index (χ0) is 26.2. The Balaban J connectivity index is 1.60. The number of para-hydroxylation sites is 1. The maximum atomic E-state index is 15.4. The van der Waals surface area contributed by atoms with Crippen molar-refractivity contribution in [2.24, 2.45) is 5.73 Å². The summed E-state index contributed by atoms with van der Waals surface area (Å²) in [5, 5.41) is 3.45. The first-order chi connectivity index (χ1) is 17.9. The van der Waals surface area contributed by atoms with Gasteiger partial charge in [0.2, 0.25) is 0 Å². The van der Waals surface area contributed by atoms with E-state index in [2.05, 4.69) is 5.32 Å². The van der Waals surface area contributed by atoms with Crippen LogP contribution < -0.4 is 15.8 Å². The molecule has 3 aromatic carbocycles. The minimum Gasteiger partial charge on any atom is -0.489 e. The molecule has 0 amide bonds. The fourth-order valence-electron chi connectivity index (χ4n) is 4.51. The van der Waals surface area contributed by atoms with Crippen molar-refractivity contribution in [3.05, 3.63) is 83.2 Å². The van der Waals surface area contributed by atoms with Crippen LogP contribution in [0.2, 0.25) is 0 Å². The third-order valence-electron chi connectivity index (χ3n) is 6.39. The van der Waals surface area contributed by atoms with Gasteiger partial charge in [0, 0.05) is 41.6 Å². The van der Waals surface area contributed by atoms with Crippen LogP contribution in [0.25, 0.3) is 11.1 Å². The molecule has 37 heavy (non-hydrogen) atoms. The molecular weight excluding hydrogens is 471 g/mol. The highest BCUT2D eigenvalue weighted by Gasteiger charge is 2.17. The standard InChI is InChI=1S/C30H35FN2O4/c1-3-35-29(34)17-22-8-4-5-12-28(22)37-19-21-14-23(27-11-6-10-26(20(2)32)30(27)31)16-24(15-21)33-18-25-9-7-13-36-25/h4-6,8,10-12,14-16,20,25,33H,3,7,9,13,17-19,32H2,1-2H3. The number of hydrogen-bond donors (Lipinski definition) is 2. The molecule has 7 heteroatoms. The summed E-state index contributed by atoms with van der Waals surface area (Å²) in [5.41, 5.74) is 10.2. The normalized spacial score (nSPS) is 15.8. The van der Waals surface area contributed by atoms with Gasteiger partial charge in [-0.1, -0.05) is 36.4 Å². The Kier molecular flexibility index (Phi) is 9.14. The minimum absolute atomic E-state index is 0.132. The van der Waals surface area contributed by atoms with E-state index in [9.17, 15) is 4.79 Å². The quantitative estimate of drug-likeness (QED) is 0.321. The molecule has 1 aliphatic heterocycles. The Morgan fingerprint density at radius 3 is 2.78 bits per heavy atom. The second-order valence-electron chi connectivity index (χ2n) is 9.31. The number of esters is 1. The van der Waals surface area contributed by atoms with E-state index < -0.39 is 6.04 Å². The molecule has 1 heterocycles. The molecule has 0 aromatic heterocycles. The number of halogens is 1. The summed E-state index contributed by atoms with van der Waals surface area (Å²) < 4.78 is 32.4. The average molecular weight is 507 g/mol. The smallest absolute Gasteiger partial charge is 0.310 e. The molecule has 1 fully saturated rings. The number of ether oxygens (including phenoxy) is 3. The number of benzene rings is 3. The van der Waals surface area contributed by atoms with Crippen LogP contribution in [0.1, 0.15) is 49.4 Å². The number of carbonyl (C=O) groups excluding carboxylic acids is 1. The molecule has 3 aromatic rings. The Morgan fingerprint density at radius 1 is 1.19 bits per heavy atom. The van der Waals surface area contributed by atoms with Crippen LogP contribution >= 0.6 is 0 Å². The summed E-state index contributed by atoms with van der Waals surface area (Å²) in [5.74, 6) is -0.00830. The summed E-state index contributed by atoms with van der Waals surface area (Å²) >= 11 is 0. The summed E-state index contributed by atoms with van der Waals surface area (Å²) in [6.07, 6.45) is 2.38. The van der Waals surface area contributed by atoms with E-state index in [-0.39, 0.29) is 30.9 Å². The Morgan fingerprint density at radius 2 is 2.03 bits per heavy atom. The Bertz CT molecular complexity index is 1210. The highest BCUT2D eigenvalue weighted by Crippen LogP contribution is 2.31. The molecule has 6 nitrogen and oxygen atoms in total. The highest BCUT2D eigenvalue weighted by atomic mass is 19.1. The number of hydrogen-bond acceptors (Lipinski definition) is 6. The van der Waals surface area contributed by atoms with Gasteiger partial charge in [-0.25, -0.2) is 4.39 Å². The number of rotatable bonds is 11. The van der Waals surface area contributed by atoms with Gasteiger partial charge in [-0.3, -0.25) is 4.79 Å². The van der Waals surface area contributed by atoms with Crippen LogP contribution in [0, 0.1) is 5.82 Å². The number of nitrogens with one attached hydrogen (secondary N) is 1. The molecule has 0 aliphatic carbocycles. The molecule has 3 N–H and O–H groups in total. The lowest BCUT2D eigenvalue weighted by molar-refractivity contribution is -0.142. The van der Waals surface area contributed by atoms with Crippen LogP contribution in [0.4, 0.5) is 10.1 Å². The van der Waals surface area contributed by atoms with Gasteiger partial charge in [0.05, 0.1) is 19.1 Å². The van der Waals surface area contributed by atoms with Crippen molar-refractivity contribution >= 4 is 11.7 Å². The molecule has 0 radical (unpaired) electrons. The molecule has 1 saturated heterocycles. The van der Waals surface area contributed by atoms with E-state index in [1.54, 1.807) is 26.0 Å². The Labute approximate surface area is 217 Å². The number of anilines is 1. The van der Waals surface area contributed by atoms with Gasteiger partial charge in [-0.2, -0.15) is 0 Å². The average Bonchev–Trinajstić information content (AvgIpc) is 3.41. The summed E-state index contributed by atoms with van der Waals surface area (Å²) in [7, 11) is 0. The highest BCUT2D eigenvalue weighted by molar-refractivity contribution is 5.73. The van der Waals surface area contributed by atoms with Crippen LogP contribution in [-0.4, -0.2) is 31.8 Å².